The number of fused-ring (bicyclic) bond motifs is 1. The van der Waals surface area contributed by atoms with Gasteiger partial charge in [-0.15, -0.1) is 12.4 Å². The van der Waals surface area contributed by atoms with Gasteiger partial charge < -0.3 is 10.1 Å². The van der Waals surface area contributed by atoms with Crippen LogP contribution in [0.1, 0.15) is 24.8 Å². The Kier molecular flexibility index (Phi) is 5.48. The Hall–Kier alpha value is -0.820. The van der Waals surface area contributed by atoms with Crippen molar-refractivity contribution in [2.45, 2.75) is 36.6 Å². The Bertz CT molecular complexity index is 586. The van der Waals surface area contributed by atoms with Crippen molar-refractivity contribution in [1.82, 2.24) is 10.0 Å². The standard InChI is InChI=1S/C14H20N2O3S.ClH/c17-20(18,16-8-5-12-2-1-7-15-12)13-3-4-14-11(10-13)6-9-19-14;/h3-4,10,12,15-16H,1-2,5-9H2;1H/t12-;/m1./s1. The molecule has 0 spiro atoms. The summed E-state index contributed by atoms with van der Waals surface area (Å²) in [5, 5.41) is 3.37. The Morgan fingerprint density at radius 1 is 1.38 bits per heavy atom. The van der Waals surface area contributed by atoms with Crippen molar-refractivity contribution in [2.24, 2.45) is 0 Å². The van der Waals surface area contributed by atoms with Gasteiger partial charge in [-0.2, -0.15) is 0 Å². The number of sulfonamides is 1. The quantitative estimate of drug-likeness (QED) is 0.856. The van der Waals surface area contributed by atoms with Crippen LogP contribution in [0.25, 0.3) is 0 Å². The van der Waals surface area contributed by atoms with E-state index in [0.717, 1.165) is 37.1 Å². The molecular formula is C14H21ClN2O3S. The molecule has 1 aromatic carbocycles. The maximum atomic E-state index is 12.2. The predicted molar refractivity (Wildman–Crippen MR) is 83.7 cm³/mol. The molecule has 0 amide bonds. The molecule has 1 saturated heterocycles. The molecule has 118 valence electrons. The molecule has 0 unspecified atom stereocenters. The van der Waals surface area contributed by atoms with E-state index in [2.05, 4.69) is 10.0 Å². The minimum absolute atomic E-state index is 0. The number of nitrogens with one attached hydrogen (secondary N) is 2. The van der Waals surface area contributed by atoms with Gasteiger partial charge in [-0.3, -0.25) is 0 Å². The molecule has 0 aliphatic carbocycles. The van der Waals surface area contributed by atoms with Crippen molar-refractivity contribution >= 4 is 22.4 Å². The summed E-state index contributed by atoms with van der Waals surface area (Å²) in [6.07, 6.45) is 3.94. The summed E-state index contributed by atoms with van der Waals surface area (Å²) in [5.74, 6) is 0.805. The van der Waals surface area contributed by atoms with Crippen molar-refractivity contribution in [3.8, 4) is 5.75 Å². The molecule has 1 atom stereocenters. The van der Waals surface area contributed by atoms with Crippen LogP contribution < -0.4 is 14.8 Å². The highest BCUT2D eigenvalue weighted by atomic mass is 35.5. The summed E-state index contributed by atoms with van der Waals surface area (Å²) in [5.41, 5.74) is 0.977. The molecule has 2 aliphatic rings. The zero-order valence-electron chi connectivity index (χ0n) is 11.8. The Morgan fingerprint density at radius 2 is 2.24 bits per heavy atom. The van der Waals surface area contributed by atoms with Gasteiger partial charge in [0, 0.05) is 19.0 Å². The first kappa shape index (κ1) is 16.5. The summed E-state index contributed by atoms with van der Waals surface area (Å²) >= 11 is 0. The van der Waals surface area contributed by atoms with E-state index in [1.165, 1.54) is 6.42 Å². The van der Waals surface area contributed by atoms with Crippen molar-refractivity contribution in [3.05, 3.63) is 23.8 Å². The largest absolute Gasteiger partial charge is 0.493 e. The monoisotopic (exact) mass is 332 g/mol. The molecule has 1 aromatic rings. The second-order valence-corrected chi connectivity index (χ2v) is 7.11. The van der Waals surface area contributed by atoms with Gasteiger partial charge in [0.15, 0.2) is 0 Å². The number of rotatable bonds is 5. The minimum Gasteiger partial charge on any atom is -0.493 e. The molecule has 2 N–H and O–H groups in total. The van der Waals surface area contributed by atoms with Crippen LogP contribution in [-0.4, -0.2) is 34.2 Å². The van der Waals surface area contributed by atoms with Crippen LogP contribution in [0.5, 0.6) is 5.75 Å². The molecule has 0 aromatic heterocycles. The summed E-state index contributed by atoms with van der Waals surface area (Å²) in [4.78, 5) is 0.334. The third-order valence-corrected chi connectivity index (χ3v) is 5.38. The van der Waals surface area contributed by atoms with Gasteiger partial charge in [0.25, 0.3) is 0 Å². The lowest BCUT2D eigenvalue weighted by atomic mass is 10.2. The Balaban J connectivity index is 0.00000161. The smallest absolute Gasteiger partial charge is 0.240 e. The van der Waals surface area contributed by atoms with E-state index < -0.39 is 10.0 Å². The highest BCUT2D eigenvalue weighted by molar-refractivity contribution is 7.89. The number of hydrogen-bond acceptors (Lipinski definition) is 4. The number of hydrogen-bond donors (Lipinski definition) is 2. The lowest BCUT2D eigenvalue weighted by molar-refractivity contribution is 0.356. The fraction of sp³-hybridized carbons (Fsp3) is 0.571. The average Bonchev–Trinajstić information content (AvgIpc) is 3.08. The second-order valence-electron chi connectivity index (χ2n) is 5.35. The first-order chi connectivity index (χ1) is 9.65. The third-order valence-electron chi connectivity index (χ3n) is 3.92. The van der Waals surface area contributed by atoms with Gasteiger partial charge in [-0.05, 0) is 49.6 Å². The van der Waals surface area contributed by atoms with Crippen molar-refractivity contribution in [3.63, 3.8) is 0 Å². The topological polar surface area (TPSA) is 67.4 Å². The van der Waals surface area contributed by atoms with Gasteiger partial charge in [0.05, 0.1) is 11.5 Å². The van der Waals surface area contributed by atoms with E-state index in [1.54, 1.807) is 18.2 Å². The molecule has 1 fully saturated rings. The van der Waals surface area contributed by atoms with Gasteiger partial charge in [0.2, 0.25) is 10.0 Å². The number of ether oxygens (including phenoxy) is 1. The fourth-order valence-corrected chi connectivity index (χ4v) is 3.88. The van der Waals surface area contributed by atoms with E-state index in [1.807, 2.05) is 0 Å². The predicted octanol–water partition coefficient (Wildman–Crippen LogP) is 1.46. The molecule has 5 nitrogen and oxygen atoms in total. The van der Waals surface area contributed by atoms with E-state index in [0.29, 0.717) is 24.1 Å². The SMILES string of the molecule is Cl.O=S(=O)(NCC[C@H]1CCCN1)c1ccc2c(c1)CCO2. The van der Waals surface area contributed by atoms with E-state index in [4.69, 9.17) is 4.74 Å². The molecule has 0 saturated carbocycles. The minimum atomic E-state index is -3.41. The first-order valence-electron chi connectivity index (χ1n) is 7.14. The Labute approximate surface area is 131 Å². The van der Waals surface area contributed by atoms with Gasteiger partial charge in [0.1, 0.15) is 5.75 Å². The van der Waals surface area contributed by atoms with Gasteiger partial charge in [-0.25, -0.2) is 13.1 Å². The second kappa shape index (κ2) is 6.96. The van der Waals surface area contributed by atoms with Crippen LogP contribution in [0.3, 0.4) is 0 Å². The lowest BCUT2D eigenvalue weighted by Gasteiger charge is -2.11. The number of halogens is 1. The van der Waals surface area contributed by atoms with Crippen LogP contribution in [-0.2, 0) is 16.4 Å². The highest BCUT2D eigenvalue weighted by Gasteiger charge is 2.20. The van der Waals surface area contributed by atoms with Crippen LogP contribution >= 0.6 is 12.4 Å². The molecule has 0 radical (unpaired) electrons. The third kappa shape index (κ3) is 3.88. The summed E-state index contributed by atoms with van der Waals surface area (Å²) in [6, 6.07) is 5.53. The van der Waals surface area contributed by atoms with Crippen LogP contribution in [0.15, 0.2) is 23.1 Å². The first-order valence-corrected chi connectivity index (χ1v) is 8.62. The van der Waals surface area contributed by atoms with E-state index >= 15 is 0 Å². The molecule has 0 bridgehead atoms. The van der Waals surface area contributed by atoms with Gasteiger partial charge in [-0.1, -0.05) is 0 Å². The lowest BCUT2D eigenvalue weighted by Crippen LogP contribution is -2.30. The van der Waals surface area contributed by atoms with Crippen molar-refractivity contribution in [2.75, 3.05) is 19.7 Å². The molecule has 2 heterocycles. The van der Waals surface area contributed by atoms with Crippen molar-refractivity contribution in [1.29, 1.82) is 0 Å². The summed E-state index contributed by atoms with van der Waals surface area (Å²) < 4.78 is 32.5. The zero-order chi connectivity index (χ0) is 14.0. The van der Waals surface area contributed by atoms with Crippen LogP contribution in [0.4, 0.5) is 0 Å². The van der Waals surface area contributed by atoms with Crippen LogP contribution in [0, 0.1) is 0 Å². The fourth-order valence-electron chi connectivity index (χ4n) is 2.78. The summed E-state index contributed by atoms with van der Waals surface area (Å²) in [7, 11) is -3.41. The maximum absolute atomic E-state index is 12.2. The van der Waals surface area contributed by atoms with Gasteiger partial charge >= 0.3 is 0 Å². The highest BCUT2D eigenvalue weighted by Crippen LogP contribution is 2.27. The normalized spacial score (nSPS) is 20.7. The number of benzene rings is 1. The van der Waals surface area contributed by atoms with E-state index in [-0.39, 0.29) is 12.4 Å². The molecule has 7 heteroatoms. The average molecular weight is 333 g/mol. The van der Waals surface area contributed by atoms with Crippen molar-refractivity contribution < 1.29 is 13.2 Å². The maximum Gasteiger partial charge on any atom is 0.240 e. The van der Waals surface area contributed by atoms with E-state index in [9.17, 15) is 8.42 Å². The molecule has 2 aliphatic heterocycles. The molecule has 3 rings (SSSR count). The Morgan fingerprint density at radius 3 is 3.00 bits per heavy atom. The molecule has 21 heavy (non-hydrogen) atoms. The van der Waals surface area contributed by atoms with Crippen LogP contribution in [0.2, 0.25) is 0 Å². The summed E-state index contributed by atoms with van der Waals surface area (Å²) in [6.45, 7) is 2.16. The zero-order valence-corrected chi connectivity index (χ0v) is 13.4. The molecular weight excluding hydrogens is 312 g/mol.